The third kappa shape index (κ3) is 3.21. The Morgan fingerprint density at radius 1 is 1.27 bits per heavy atom. The maximum atomic E-state index is 13.5. The maximum Gasteiger partial charge on any atom is 0.253 e. The lowest BCUT2D eigenvalue weighted by Crippen LogP contribution is -2.61. The predicted molar refractivity (Wildman–Crippen MR) is 110 cm³/mol. The first-order chi connectivity index (χ1) is 12.1. The summed E-state index contributed by atoms with van der Waals surface area (Å²) in [7, 11) is 0. The van der Waals surface area contributed by atoms with E-state index in [1.807, 2.05) is 30.0 Å². The lowest BCUT2D eigenvalue weighted by atomic mass is 9.84. The molecule has 1 amide bonds. The van der Waals surface area contributed by atoms with Gasteiger partial charge in [-0.05, 0) is 51.4 Å². The van der Waals surface area contributed by atoms with Crippen molar-refractivity contribution in [1.29, 1.82) is 0 Å². The molecule has 1 saturated heterocycles. The van der Waals surface area contributed by atoms with Crippen LogP contribution in [0.3, 0.4) is 0 Å². The zero-order chi connectivity index (χ0) is 17.4. The number of nitrogens with one attached hydrogen (secondary N) is 2. The molecule has 0 radical (unpaired) electrons. The standard InChI is InChI=1S/C19H24N4OS.ClH/c1-3-14-17(25-13(2)21-14)12-23-16-7-5-4-6-15(16)22-19(18(23)24)8-10-20-11-9-19;/h4-7,20,22H,3,8-12H2,1-2H3;1H. The molecule has 0 bridgehead atoms. The first-order valence-corrected chi connectivity index (χ1v) is 9.80. The van der Waals surface area contributed by atoms with E-state index in [-0.39, 0.29) is 18.3 Å². The fourth-order valence-corrected chi connectivity index (χ4v) is 4.91. The monoisotopic (exact) mass is 392 g/mol. The van der Waals surface area contributed by atoms with Crippen LogP contribution in [0.1, 0.15) is 35.3 Å². The first kappa shape index (κ1) is 19.1. The molecule has 26 heavy (non-hydrogen) atoms. The summed E-state index contributed by atoms with van der Waals surface area (Å²) in [6.45, 7) is 6.51. The van der Waals surface area contributed by atoms with Crippen LogP contribution in [-0.2, 0) is 17.8 Å². The summed E-state index contributed by atoms with van der Waals surface area (Å²) in [4.78, 5) is 21.3. The van der Waals surface area contributed by atoms with Gasteiger partial charge in [0.15, 0.2) is 0 Å². The Balaban J connectivity index is 0.00000196. The molecule has 1 fully saturated rings. The molecule has 3 heterocycles. The summed E-state index contributed by atoms with van der Waals surface area (Å²) in [6.07, 6.45) is 2.54. The van der Waals surface area contributed by atoms with Gasteiger partial charge in [0, 0.05) is 4.88 Å². The number of carbonyl (C=O) groups excluding carboxylic acids is 1. The minimum Gasteiger partial charge on any atom is -0.369 e. The van der Waals surface area contributed by atoms with Crippen LogP contribution in [0.4, 0.5) is 11.4 Å². The van der Waals surface area contributed by atoms with Crippen molar-refractivity contribution in [2.45, 2.75) is 45.2 Å². The first-order valence-electron chi connectivity index (χ1n) is 8.98. The molecule has 1 aromatic heterocycles. The van der Waals surface area contributed by atoms with Gasteiger partial charge in [-0.2, -0.15) is 0 Å². The second-order valence-corrected chi connectivity index (χ2v) is 8.11. The Labute approximate surface area is 164 Å². The predicted octanol–water partition coefficient (Wildman–Crippen LogP) is 3.52. The molecule has 1 spiro atoms. The summed E-state index contributed by atoms with van der Waals surface area (Å²) in [6, 6.07) is 8.15. The topological polar surface area (TPSA) is 57.3 Å². The third-order valence-electron chi connectivity index (χ3n) is 5.20. The average molecular weight is 393 g/mol. The number of aromatic nitrogens is 1. The molecule has 4 rings (SSSR count). The van der Waals surface area contributed by atoms with Crippen molar-refractivity contribution in [2.75, 3.05) is 23.3 Å². The highest BCUT2D eigenvalue weighted by molar-refractivity contribution is 7.11. The van der Waals surface area contributed by atoms with Gasteiger partial charge in [0.1, 0.15) is 5.54 Å². The lowest BCUT2D eigenvalue weighted by Gasteiger charge is -2.45. The van der Waals surface area contributed by atoms with E-state index in [9.17, 15) is 4.79 Å². The Bertz CT molecular complexity index is 801. The van der Waals surface area contributed by atoms with Crippen molar-refractivity contribution in [3.8, 4) is 0 Å². The van der Waals surface area contributed by atoms with Crippen molar-refractivity contribution in [1.82, 2.24) is 10.3 Å². The molecular formula is C19H25ClN4OS. The van der Waals surface area contributed by atoms with Crippen LogP contribution in [0.15, 0.2) is 24.3 Å². The molecule has 0 atom stereocenters. The largest absolute Gasteiger partial charge is 0.369 e. The van der Waals surface area contributed by atoms with Gasteiger partial charge in [0.25, 0.3) is 5.91 Å². The van der Waals surface area contributed by atoms with Crippen molar-refractivity contribution >= 4 is 41.0 Å². The number of fused-ring (bicyclic) bond motifs is 1. The van der Waals surface area contributed by atoms with Crippen LogP contribution in [-0.4, -0.2) is 29.5 Å². The molecule has 2 N–H and O–H groups in total. The number of halogens is 1. The Morgan fingerprint density at radius 2 is 2.00 bits per heavy atom. The normalized spacial score (nSPS) is 18.2. The van der Waals surface area contributed by atoms with Gasteiger partial charge in [-0.15, -0.1) is 23.7 Å². The van der Waals surface area contributed by atoms with Crippen molar-refractivity contribution in [2.24, 2.45) is 0 Å². The highest BCUT2D eigenvalue weighted by Crippen LogP contribution is 2.40. The van der Waals surface area contributed by atoms with Gasteiger partial charge in [0.2, 0.25) is 0 Å². The zero-order valence-electron chi connectivity index (χ0n) is 15.2. The minimum absolute atomic E-state index is 0. The summed E-state index contributed by atoms with van der Waals surface area (Å²) >= 11 is 1.71. The Morgan fingerprint density at radius 3 is 2.73 bits per heavy atom. The molecular weight excluding hydrogens is 368 g/mol. The number of benzene rings is 1. The fourth-order valence-electron chi connectivity index (χ4n) is 3.90. The van der Waals surface area contributed by atoms with Crippen LogP contribution in [0.5, 0.6) is 0 Å². The number of carbonyl (C=O) groups is 1. The molecule has 0 aliphatic carbocycles. The Kier molecular flexibility index (Phi) is 5.55. The molecule has 0 saturated carbocycles. The lowest BCUT2D eigenvalue weighted by molar-refractivity contribution is -0.124. The number of amides is 1. The molecule has 0 unspecified atom stereocenters. The molecule has 1 aromatic carbocycles. The van der Waals surface area contributed by atoms with Crippen LogP contribution in [0.2, 0.25) is 0 Å². The number of hydrogen-bond donors (Lipinski definition) is 2. The summed E-state index contributed by atoms with van der Waals surface area (Å²) < 4.78 is 0. The fraction of sp³-hybridized carbons (Fsp3) is 0.474. The molecule has 5 nitrogen and oxygen atoms in total. The zero-order valence-corrected chi connectivity index (χ0v) is 16.8. The second-order valence-electron chi connectivity index (χ2n) is 6.82. The van der Waals surface area contributed by atoms with E-state index < -0.39 is 5.54 Å². The highest BCUT2D eigenvalue weighted by atomic mass is 35.5. The van der Waals surface area contributed by atoms with Gasteiger partial charge >= 0.3 is 0 Å². The summed E-state index contributed by atoms with van der Waals surface area (Å²) in [5.74, 6) is 0.195. The molecule has 7 heteroatoms. The van der Waals surface area contributed by atoms with Crippen LogP contribution in [0, 0.1) is 6.92 Å². The molecule has 2 aliphatic heterocycles. The van der Waals surface area contributed by atoms with Gasteiger partial charge in [-0.1, -0.05) is 19.1 Å². The SMILES string of the molecule is CCc1nc(C)sc1CN1C(=O)C2(CCNCC2)Nc2ccccc21.Cl. The molecule has 140 valence electrons. The Hall–Kier alpha value is -1.63. The molecule has 2 aliphatic rings. The number of aryl methyl sites for hydroxylation is 2. The van der Waals surface area contributed by atoms with Gasteiger partial charge in [-0.3, -0.25) is 4.79 Å². The number of hydrogen-bond acceptors (Lipinski definition) is 5. The average Bonchev–Trinajstić information content (AvgIpc) is 2.99. The highest BCUT2D eigenvalue weighted by Gasteiger charge is 2.46. The van der Waals surface area contributed by atoms with Crippen LogP contribution >= 0.6 is 23.7 Å². The second kappa shape index (κ2) is 7.55. The maximum absolute atomic E-state index is 13.5. The van der Waals surface area contributed by atoms with Crippen LogP contribution < -0.4 is 15.5 Å². The number of piperidine rings is 1. The number of anilines is 2. The van der Waals surface area contributed by atoms with Crippen molar-refractivity contribution in [3.05, 3.63) is 39.8 Å². The van der Waals surface area contributed by atoms with E-state index in [1.54, 1.807) is 11.3 Å². The summed E-state index contributed by atoms with van der Waals surface area (Å²) in [5, 5.41) is 8.01. The van der Waals surface area contributed by atoms with E-state index in [2.05, 4.69) is 28.6 Å². The van der Waals surface area contributed by atoms with Crippen molar-refractivity contribution in [3.63, 3.8) is 0 Å². The van der Waals surface area contributed by atoms with Gasteiger partial charge < -0.3 is 15.5 Å². The number of nitrogens with zero attached hydrogens (tertiary/aromatic N) is 2. The number of para-hydroxylation sites is 2. The van der Waals surface area contributed by atoms with Gasteiger partial charge in [-0.25, -0.2) is 4.98 Å². The van der Waals surface area contributed by atoms with E-state index in [1.165, 1.54) is 4.88 Å². The third-order valence-corrected chi connectivity index (χ3v) is 6.20. The quantitative estimate of drug-likeness (QED) is 0.839. The minimum atomic E-state index is -0.480. The van der Waals surface area contributed by atoms with E-state index in [0.29, 0.717) is 6.54 Å². The van der Waals surface area contributed by atoms with E-state index in [0.717, 1.165) is 54.4 Å². The van der Waals surface area contributed by atoms with Crippen molar-refractivity contribution < 1.29 is 4.79 Å². The summed E-state index contributed by atoms with van der Waals surface area (Å²) in [5.41, 5.74) is 2.67. The van der Waals surface area contributed by atoms with E-state index in [4.69, 9.17) is 0 Å². The van der Waals surface area contributed by atoms with Crippen LogP contribution in [0.25, 0.3) is 0 Å². The molecule has 2 aromatic rings. The van der Waals surface area contributed by atoms with E-state index >= 15 is 0 Å². The number of rotatable bonds is 3. The van der Waals surface area contributed by atoms with Gasteiger partial charge in [0.05, 0.1) is 28.6 Å². The number of thiazole rings is 1. The smallest absolute Gasteiger partial charge is 0.253 e.